The zero-order valence-electron chi connectivity index (χ0n) is 11.3. The molecular formula is C15H16N2O3. The van der Waals surface area contributed by atoms with Crippen LogP contribution in [0, 0.1) is 6.92 Å². The van der Waals surface area contributed by atoms with Crippen molar-refractivity contribution in [2.24, 2.45) is 0 Å². The largest absolute Gasteiger partial charge is 0.371 e. The highest BCUT2D eigenvalue weighted by Gasteiger charge is 2.20. The predicted molar refractivity (Wildman–Crippen MR) is 72.3 cm³/mol. The Morgan fingerprint density at radius 3 is 2.95 bits per heavy atom. The minimum Gasteiger partial charge on any atom is -0.371 e. The first-order valence-electron chi connectivity index (χ1n) is 6.62. The van der Waals surface area contributed by atoms with Crippen molar-refractivity contribution in [3.8, 4) is 0 Å². The fraction of sp³-hybridized carbons (Fsp3) is 0.333. The zero-order valence-corrected chi connectivity index (χ0v) is 11.3. The number of aromatic nitrogens is 1. The van der Waals surface area contributed by atoms with Gasteiger partial charge in [0.15, 0.2) is 0 Å². The van der Waals surface area contributed by atoms with Gasteiger partial charge in [-0.1, -0.05) is 29.4 Å². The summed E-state index contributed by atoms with van der Waals surface area (Å²) in [6.07, 6.45) is 2.26. The van der Waals surface area contributed by atoms with Crippen LogP contribution >= 0.6 is 0 Å². The molecule has 2 aromatic rings. The van der Waals surface area contributed by atoms with E-state index in [0.29, 0.717) is 24.5 Å². The van der Waals surface area contributed by atoms with Gasteiger partial charge in [-0.25, -0.2) is 0 Å². The minimum atomic E-state index is -0.175. The lowest BCUT2D eigenvalue weighted by molar-refractivity contribution is 0.0284. The summed E-state index contributed by atoms with van der Waals surface area (Å²) in [5.41, 5.74) is 2.99. The lowest BCUT2D eigenvalue weighted by Gasteiger charge is -2.25. The van der Waals surface area contributed by atoms with Crippen molar-refractivity contribution in [2.75, 3.05) is 6.54 Å². The fourth-order valence-corrected chi connectivity index (χ4v) is 2.36. The van der Waals surface area contributed by atoms with Crippen LogP contribution in [0.4, 0.5) is 0 Å². The molecule has 3 rings (SSSR count). The van der Waals surface area contributed by atoms with Crippen LogP contribution in [0.3, 0.4) is 0 Å². The van der Waals surface area contributed by atoms with Crippen LogP contribution < -0.4 is 5.32 Å². The highest BCUT2D eigenvalue weighted by molar-refractivity contribution is 5.94. The van der Waals surface area contributed by atoms with Crippen molar-refractivity contribution in [3.05, 3.63) is 52.9 Å². The van der Waals surface area contributed by atoms with E-state index in [9.17, 15) is 4.79 Å². The van der Waals surface area contributed by atoms with E-state index in [1.165, 1.54) is 17.3 Å². The van der Waals surface area contributed by atoms with Gasteiger partial charge in [0.25, 0.3) is 5.91 Å². The van der Waals surface area contributed by atoms with E-state index >= 15 is 0 Å². The normalized spacial score (nSPS) is 17.6. The minimum absolute atomic E-state index is 0.00835. The smallest absolute Gasteiger partial charge is 0.256 e. The third-order valence-electron chi connectivity index (χ3n) is 3.53. The van der Waals surface area contributed by atoms with Crippen LogP contribution in [0.1, 0.15) is 27.2 Å². The van der Waals surface area contributed by atoms with Gasteiger partial charge in [-0.15, -0.1) is 0 Å². The summed E-state index contributed by atoms with van der Waals surface area (Å²) in [4.78, 5) is 11.9. The lowest BCUT2D eigenvalue weighted by atomic mass is 9.99. The second-order valence-corrected chi connectivity index (χ2v) is 4.91. The number of hydrogen-bond acceptors (Lipinski definition) is 4. The van der Waals surface area contributed by atoms with Crippen molar-refractivity contribution in [3.63, 3.8) is 0 Å². The number of carbonyl (C=O) groups is 1. The standard InChI is InChI=1S/C15H16N2O3/c1-10-14(8-17-20-10)15(18)16-7-13-6-11-4-2-3-5-12(11)9-19-13/h2-5,8,13H,6-7,9H2,1H3,(H,16,18)/t13-/m0/s1. The molecular weight excluding hydrogens is 256 g/mol. The number of hydrogen-bond donors (Lipinski definition) is 1. The van der Waals surface area contributed by atoms with Gasteiger partial charge in [0, 0.05) is 13.0 Å². The van der Waals surface area contributed by atoms with Crippen LogP contribution in [0.5, 0.6) is 0 Å². The molecule has 1 atom stereocenters. The van der Waals surface area contributed by atoms with Crippen LogP contribution in [0.25, 0.3) is 0 Å². The SMILES string of the molecule is Cc1oncc1C(=O)NC[C@@H]1Cc2ccccc2CO1. The Balaban J connectivity index is 1.58. The molecule has 0 radical (unpaired) electrons. The Morgan fingerprint density at radius 2 is 2.20 bits per heavy atom. The molecule has 1 aromatic heterocycles. The number of fused-ring (bicyclic) bond motifs is 1. The van der Waals surface area contributed by atoms with Gasteiger partial charge >= 0.3 is 0 Å². The summed E-state index contributed by atoms with van der Waals surface area (Å²) in [5.74, 6) is 0.351. The molecule has 0 bridgehead atoms. The Bertz CT molecular complexity index is 621. The molecule has 2 heterocycles. The highest BCUT2D eigenvalue weighted by Crippen LogP contribution is 2.19. The summed E-state index contributed by atoms with van der Waals surface area (Å²) in [6, 6.07) is 8.22. The second kappa shape index (κ2) is 5.46. The fourth-order valence-electron chi connectivity index (χ4n) is 2.36. The van der Waals surface area contributed by atoms with E-state index < -0.39 is 0 Å². The Morgan fingerprint density at radius 1 is 1.40 bits per heavy atom. The predicted octanol–water partition coefficient (Wildman–Crippen LogP) is 1.85. The number of nitrogens with one attached hydrogen (secondary N) is 1. The molecule has 0 spiro atoms. The molecule has 1 amide bonds. The third kappa shape index (κ3) is 2.58. The van der Waals surface area contributed by atoms with Gasteiger partial charge in [0.2, 0.25) is 0 Å². The van der Waals surface area contributed by atoms with Crippen molar-refractivity contribution >= 4 is 5.91 Å². The van der Waals surface area contributed by atoms with Crippen LogP contribution in [0.2, 0.25) is 0 Å². The van der Waals surface area contributed by atoms with Crippen molar-refractivity contribution in [2.45, 2.75) is 26.1 Å². The maximum absolute atomic E-state index is 11.9. The van der Waals surface area contributed by atoms with E-state index in [4.69, 9.17) is 9.26 Å². The van der Waals surface area contributed by atoms with Crippen LogP contribution in [0.15, 0.2) is 35.0 Å². The Labute approximate surface area is 116 Å². The maximum Gasteiger partial charge on any atom is 0.256 e. The van der Waals surface area contributed by atoms with Gasteiger partial charge in [-0.2, -0.15) is 0 Å². The second-order valence-electron chi connectivity index (χ2n) is 4.91. The van der Waals surface area contributed by atoms with Gasteiger partial charge < -0.3 is 14.6 Å². The average molecular weight is 272 g/mol. The van der Waals surface area contributed by atoms with Crippen molar-refractivity contribution < 1.29 is 14.1 Å². The Kier molecular flexibility index (Phi) is 3.52. The number of rotatable bonds is 3. The number of aryl methyl sites for hydroxylation is 1. The molecule has 1 N–H and O–H groups in total. The van der Waals surface area contributed by atoms with E-state index in [-0.39, 0.29) is 12.0 Å². The molecule has 104 valence electrons. The molecule has 1 aromatic carbocycles. The number of nitrogens with zero attached hydrogens (tertiary/aromatic N) is 1. The van der Waals surface area contributed by atoms with E-state index in [0.717, 1.165) is 6.42 Å². The molecule has 20 heavy (non-hydrogen) atoms. The number of carbonyl (C=O) groups excluding carboxylic acids is 1. The Hall–Kier alpha value is -2.14. The van der Waals surface area contributed by atoms with Gasteiger partial charge in [-0.05, 0) is 18.1 Å². The number of benzene rings is 1. The molecule has 5 nitrogen and oxygen atoms in total. The summed E-state index contributed by atoms with van der Waals surface area (Å²) >= 11 is 0. The first-order chi connectivity index (χ1) is 9.74. The topological polar surface area (TPSA) is 64.4 Å². The highest BCUT2D eigenvalue weighted by atomic mass is 16.5. The monoisotopic (exact) mass is 272 g/mol. The molecule has 0 saturated heterocycles. The summed E-state index contributed by atoms with van der Waals surface area (Å²) in [6.45, 7) is 2.80. The van der Waals surface area contributed by atoms with Gasteiger partial charge in [0.1, 0.15) is 11.3 Å². The quantitative estimate of drug-likeness (QED) is 0.926. The molecule has 5 heteroatoms. The van der Waals surface area contributed by atoms with Crippen molar-refractivity contribution in [1.82, 2.24) is 10.5 Å². The third-order valence-corrected chi connectivity index (χ3v) is 3.53. The number of amides is 1. The van der Waals surface area contributed by atoms with Crippen LogP contribution in [-0.4, -0.2) is 23.7 Å². The van der Waals surface area contributed by atoms with E-state index in [1.54, 1.807) is 6.92 Å². The van der Waals surface area contributed by atoms with Crippen molar-refractivity contribution in [1.29, 1.82) is 0 Å². The summed E-state index contributed by atoms with van der Waals surface area (Å²) < 4.78 is 10.6. The van der Waals surface area contributed by atoms with E-state index in [2.05, 4.69) is 22.6 Å². The zero-order chi connectivity index (χ0) is 13.9. The number of ether oxygens (including phenoxy) is 1. The maximum atomic E-state index is 11.9. The summed E-state index contributed by atoms with van der Waals surface area (Å²) in [5, 5.41) is 6.46. The van der Waals surface area contributed by atoms with Gasteiger partial charge in [0.05, 0.1) is 18.9 Å². The average Bonchev–Trinajstić information content (AvgIpc) is 2.91. The van der Waals surface area contributed by atoms with Gasteiger partial charge in [-0.3, -0.25) is 4.79 Å². The molecule has 1 aliphatic heterocycles. The molecule has 0 saturated carbocycles. The molecule has 1 aliphatic rings. The first-order valence-corrected chi connectivity index (χ1v) is 6.62. The summed E-state index contributed by atoms with van der Waals surface area (Å²) in [7, 11) is 0. The van der Waals surface area contributed by atoms with E-state index in [1.807, 2.05) is 12.1 Å². The lowest BCUT2D eigenvalue weighted by Crippen LogP contribution is -2.36. The molecule has 0 aliphatic carbocycles. The van der Waals surface area contributed by atoms with Crippen LogP contribution in [-0.2, 0) is 17.8 Å². The first kappa shape index (κ1) is 12.9. The molecule has 0 fully saturated rings. The molecule has 0 unspecified atom stereocenters.